The molecule has 1 aliphatic carbocycles. The second-order valence-corrected chi connectivity index (χ2v) is 5.81. The van der Waals surface area contributed by atoms with E-state index in [-0.39, 0.29) is 23.5 Å². The Bertz CT molecular complexity index is 537. The van der Waals surface area contributed by atoms with Crippen molar-refractivity contribution in [3.8, 4) is 0 Å². The van der Waals surface area contributed by atoms with Gasteiger partial charge in [-0.25, -0.2) is 4.39 Å². The molecular weight excluding hydrogens is 271 g/mol. The summed E-state index contributed by atoms with van der Waals surface area (Å²) in [6, 6.07) is 4.19. The maximum atomic E-state index is 13.5. The van der Waals surface area contributed by atoms with Crippen LogP contribution < -0.4 is 10.6 Å². The molecule has 2 N–H and O–H groups in total. The number of anilines is 1. The second kappa shape index (κ2) is 6.70. The fourth-order valence-electron chi connectivity index (χ4n) is 2.63. The third kappa shape index (κ3) is 4.28. The van der Waals surface area contributed by atoms with Gasteiger partial charge in [-0.1, -0.05) is 6.92 Å². The van der Waals surface area contributed by atoms with Gasteiger partial charge in [0.25, 0.3) is 5.91 Å². The number of benzene rings is 1. The largest absolute Gasteiger partial charge is 0.349 e. The highest BCUT2D eigenvalue weighted by molar-refractivity contribution is 5.97. The number of carbonyl (C=O) groups excluding carboxylic acids is 2. The molecule has 114 valence electrons. The molecule has 0 atom stereocenters. The maximum Gasteiger partial charge on any atom is 0.251 e. The highest BCUT2D eigenvalue weighted by Crippen LogP contribution is 2.24. The zero-order chi connectivity index (χ0) is 15.4. The first-order valence-corrected chi connectivity index (χ1v) is 7.33. The number of hydrogen-bond acceptors (Lipinski definition) is 2. The molecule has 0 saturated heterocycles. The van der Waals surface area contributed by atoms with Crippen molar-refractivity contribution in [2.45, 2.75) is 45.6 Å². The maximum absolute atomic E-state index is 13.5. The summed E-state index contributed by atoms with van der Waals surface area (Å²) in [5.74, 6) is -0.419. The first kappa shape index (κ1) is 15.5. The molecule has 0 spiro atoms. The SMILES string of the molecule is CC(=O)Nc1cc(C(=O)NC2CCC(C)CC2)ccc1F. The summed E-state index contributed by atoms with van der Waals surface area (Å²) < 4.78 is 13.5. The van der Waals surface area contributed by atoms with Gasteiger partial charge in [0.15, 0.2) is 0 Å². The van der Waals surface area contributed by atoms with E-state index >= 15 is 0 Å². The first-order valence-electron chi connectivity index (χ1n) is 7.33. The van der Waals surface area contributed by atoms with E-state index in [4.69, 9.17) is 0 Å². The van der Waals surface area contributed by atoms with E-state index in [9.17, 15) is 14.0 Å². The second-order valence-electron chi connectivity index (χ2n) is 5.81. The van der Waals surface area contributed by atoms with E-state index in [1.165, 1.54) is 25.1 Å². The molecule has 5 heteroatoms. The Labute approximate surface area is 124 Å². The van der Waals surface area contributed by atoms with Gasteiger partial charge in [-0.2, -0.15) is 0 Å². The van der Waals surface area contributed by atoms with Gasteiger partial charge < -0.3 is 10.6 Å². The molecule has 0 radical (unpaired) electrons. The monoisotopic (exact) mass is 292 g/mol. The lowest BCUT2D eigenvalue weighted by atomic mass is 9.87. The van der Waals surface area contributed by atoms with Crippen LogP contribution in [0.3, 0.4) is 0 Å². The highest BCUT2D eigenvalue weighted by Gasteiger charge is 2.20. The summed E-state index contributed by atoms with van der Waals surface area (Å²) in [5.41, 5.74) is 0.395. The minimum atomic E-state index is -0.548. The molecule has 2 rings (SSSR count). The van der Waals surface area contributed by atoms with Crippen LogP contribution in [-0.2, 0) is 4.79 Å². The topological polar surface area (TPSA) is 58.2 Å². The molecule has 21 heavy (non-hydrogen) atoms. The Kier molecular flexibility index (Phi) is 4.94. The number of nitrogens with one attached hydrogen (secondary N) is 2. The number of hydrogen-bond donors (Lipinski definition) is 2. The van der Waals surface area contributed by atoms with Crippen LogP contribution in [0.25, 0.3) is 0 Å². The molecule has 1 aromatic rings. The summed E-state index contributed by atoms with van der Waals surface area (Å²) in [4.78, 5) is 23.2. The van der Waals surface area contributed by atoms with E-state index in [0.717, 1.165) is 31.6 Å². The lowest BCUT2D eigenvalue weighted by molar-refractivity contribution is -0.114. The Morgan fingerprint density at radius 3 is 2.48 bits per heavy atom. The van der Waals surface area contributed by atoms with Crippen LogP contribution in [0.4, 0.5) is 10.1 Å². The highest BCUT2D eigenvalue weighted by atomic mass is 19.1. The van der Waals surface area contributed by atoms with E-state index in [1.54, 1.807) is 0 Å². The molecule has 0 heterocycles. The normalized spacial score (nSPS) is 21.7. The molecule has 0 unspecified atom stereocenters. The van der Waals surface area contributed by atoms with Crippen LogP contribution >= 0.6 is 0 Å². The van der Waals surface area contributed by atoms with Gasteiger partial charge in [-0.05, 0) is 49.8 Å². The Hall–Kier alpha value is -1.91. The van der Waals surface area contributed by atoms with Crippen LogP contribution in [-0.4, -0.2) is 17.9 Å². The summed E-state index contributed by atoms with van der Waals surface area (Å²) >= 11 is 0. The predicted octanol–water partition coefficient (Wildman–Crippen LogP) is 3.09. The van der Waals surface area contributed by atoms with Crippen molar-refractivity contribution in [3.05, 3.63) is 29.6 Å². The van der Waals surface area contributed by atoms with Crippen molar-refractivity contribution < 1.29 is 14.0 Å². The molecule has 4 nitrogen and oxygen atoms in total. The van der Waals surface area contributed by atoms with Gasteiger partial charge in [0, 0.05) is 18.5 Å². The van der Waals surface area contributed by atoms with E-state index in [0.29, 0.717) is 5.56 Å². The molecule has 0 aromatic heterocycles. The third-order valence-electron chi connectivity index (χ3n) is 3.89. The van der Waals surface area contributed by atoms with Crippen LogP contribution in [0.2, 0.25) is 0 Å². The standard InChI is InChI=1S/C16H21FN2O2/c1-10-3-6-13(7-4-10)19-16(21)12-5-8-14(17)15(9-12)18-11(2)20/h5,8-10,13H,3-4,6-7H2,1-2H3,(H,18,20)(H,19,21). The number of amides is 2. The molecule has 0 aliphatic heterocycles. The Morgan fingerprint density at radius 1 is 1.19 bits per heavy atom. The van der Waals surface area contributed by atoms with Crippen LogP contribution in [0, 0.1) is 11.7 Å². The van der Waals surface area contributed by atoms with Crippen LogP contribution in [0.15, 0.2) is 18.2 Å². The summed E-state index contributed by atoms with van der Waals surface area (Å²) in [5, 5.41) is 5.37. The van der Waals surface area contributed by atoms with Gasteiger partial charge in [0.1, 0.15) is 5.82 Å². The smallest absolute Gasteiger partial charge is 0.251 e. The molecule has 0 bridgehead atoms. The quantitative estimate of drug-likeness (QED) is 0.899. The average molecular weight is 292 g/mol. The van der Waals surface area contributed by atoms with Crippen molar-refractivity contribution in [2.75, 3.05) is 5.32 Å². The summed E-state index contributed by atoms with van der Waals surface area (Å²) in [7, 11) is 0. The zero-order valence-corrected chi connectivity index (χ0v) is 12.4. The van der Waals surface area contributed by atoms with Crippen LogP contribution in [0.1, 0.15) is 49.9 Å². The van der Waals surface area contributed by atoms with Gasteiger partial charge >= 0.3 is 0 Å². The average Bonchev–Trinajstić information content (AvgIpc) is 2.43. The van der Waals surface area contributed by atoms with Crippen molar-refractivity contribution >= 4 is 17.5 Å². The minimum Gasteiger partial charge on any atom is -0.349 e. The van der Waals surface area contributed by atoms with E-state index < -0.39 is 5.82 Å². The Balaban J connectivity index is 2.03. The molecule has 2 amide bonds. The molecule has 1 saturated carbocycles. The minimum absolute atomic E-state index is 0.0346. The van der Waals surface area contributed by atoms with Crippen molar-refractivity contribution in [3.63, 3.8) is 0 Å². The van der Waals surface area contributed by atoms with Crippen LogP contribution in [0.5, 0.6) is 0 Å². The number of halogens is 1. The van der Waals surface area contributed by atoms with Crippen molar-refractivity contribution in [1.82, 2.24) is 5.32 Å². The Morgan fingerprint density at radius 2 is 1.86 bits per heavy atom. The predicted molar refractivity (Wildman–Crippen MR) is 79.6 cm³/mol. The molecule has 1 aliphatic rings. The lowest BCUT2D eigenvalue weighted by Crippen LogP contribution is -2.37. The fourth-order valence-corrected chi connectivity index (χ4v) is 2.63. The third-order valence-corrected chi connectivity index (χ3v) is 3.89. The van der Waals surface area contributed by atoms with Gasteiger partial charge in [0.05, 0.1) is 5.69 Å². The van der Waals surface area contributed by atoms with Gasteiger partial charge in [-0.15, -0.1) is 0 Å². The summed E-state index contributed by atoms with van der Waals surface area (Å²) in [6.45, 7) is 3.52. The van der Waals surface area contributed by atoms with E-state index in [2.05, 4.69) is 17.6 Å². The molecular formula is C16H21FN2O2. The molecule has 1 aromatic carbocycles. The van der Waals surface area contributed by atoms with Crippen molar-refractivity contribution in [1.29, 1.82) is 0 Å². The summed E-state index contributed by atoms with van der Waals surface area (Å²) in [6.07, 6.45) is 4.19. The fraction of sp³-hybridized carbons (Fsp3) is 0.500. The number of carbonyl (C=O) groups is 2. The van der Waals surface area contributed by atoms with Gasteiger partial charge in [0.2, 0.25) is 5.91 Å². The first-order chi connectivity index (χ1) is 9.95. The van der Waals surface area contributed by atoms with Crippen molar-refractivity contribution in [2.24, 2.45) is 5.92 Å². The van der Waals surface area contributed by atoms with Gasteiger partial charge in [-0.3, -0.25) is 9.59 Å². The lowest BCUT2D eigenvalue weighted by Gasteiger charge is -2.27. The zero-order valence-electron chi connectivity index (χ0n) is 12.4. The number of rotatable bonds is 3. The van der Waals surface area contributed by atoms with E-state index in [1.807, 2.05) is 0 Å². The molecule has 1 fully saturated rings.